The number of benzene rings is 2. The summed E-state index contributed by atoms with van der Waals surface area (Å²) in [5.74, 6) is 0.836. The van der Waals surface area contributed by atoms with Gasteiger partial charge in [-0.1, -0.05) is 24.3 Å². The van der Waals surface area contributed by atoms with E-state index in [2.05, 4.69) is 0 Å². The zero-order chi connectivity index (χ0) is 16.9. The SMILES string of the molecule is COc1ccc(S(=O)(=O)CCc2ccc(C=O)cc2)cc1OC. The van der Waals surface area contributed by atoms with Crippen molar-refractivity contribution in [1.82, 2.24) is 0 Å². The number of carbonyl (C=O) groups is 1. The second kappa shape index (κ2) is 7.28. The zero-order valence-electron chi connectivity index (χ0n) is 13.0. The molecule has 6 heteroatoms. The van der Waals surface area contributed by atoms with E-state index in [4.69, 9.17) is 9.47 Å². The Hall–Kier alpha value is -2.34. The first-order valence-electron chi connectivity index (χ1n) is 6.99. The second-order valence-corrected chi connectivity index (χ2v) is 7.05. The van der Waals surface area contributed by atoms with Crippen LogP contribution in [-0.4, -0.2) is 34.7 Å². The smallest absolute Gasteiger partial charge is 0.178 e. The molecule has 0 aliphatic heterocycles. The molecular weight excluding hydrogens is 316 g/mol. The van der Waals surface area contributed by atoms with Gasteiger partial charge in [0.25, 0.3) is 0 Å². The molecule has 23 heavy (non-hydrogen) atoms. The van der Waals surface area contributed by atoms with E-state index in [1.807, 2.05) is 0 Å². The van der Waals surface area contributed by atoms with Gasteiger partial charge in [0.05, 0.1) is 24.9 Å². The molecule has 0 saturated heterocycles. The van der Waals surface area contributed by atoms with Crippen molar-refractivity contribution < 1.29 is 22.7 Å². The van der Waals surface area contributed by atoms with Gasteiger partial charge in [0.1, 0.15) is 6.29 Å². The van der Waals surface area contributed by atoms with E-state index in [0.29, 0.717) is 23.5 Å². The van der Waals surface area contributed by atoms with Crippen LogP contribution < -0.4 is 9.47 Å². The lowest BCUT2D eigenvalue weighted by Crippen LogP contribution is -2.09. The number of ether oxygens (including phenoxy) is 2. The highest BCUT2D eigenvalue weighted by molar-refractivity contribution is 7.91. The van der Waals surface area contributed by atoms with Gasteiger partial charge in [-0.3, -0.25) is 4.79 Å². The van der Waals surface area contributed by atoms with Crippen molar-refractivity contribution in [3.05, 3.63) is 53.6 Å². The fourth-order valence-corrected chi connectivity index (χ4v) is 3.45. The third-order valence-electron chi connectivity index (χ3n) is 3.49. The van der Waals surface area contributed by atoms with E-state index in [1.165, 1.54) is 26.4 Å². The van der Waals surface area contributed by atoms with E-state index >= 15 is 0 Å². The summed E-state index contributed by atoms with van der Waals surface area (Å²) in [6.07, 6.45) is 1.12. The molecule has 2 aromatic rings. The van der Waals surface area contributed by atoms with Crippen LogP contribution >= 0.6 is 0 Å². The molecule has 0 amide bonds. The highest BCUT2D eigenvalue weighted by Crippen LogP contribution is 2.29. The van der Waals surface area contributed by atoms with Gasteiger partial charge in [0, 0.05) is 11.6 Å². The third kappa shape index (κ3) is 4.10. The molecule has 122 valence electrons. The van der Waals surface area contributed by atoms with Crippen LogP contribution in [0.4, 0.5) is 0 Å². The van der Waals surface area contributed by atoms with Crippen LogP contribution in [0.15, 0.2) is 47.4 Å². The van der Waals surface area contributed by atoms with E-state index < -0.39 is 9.84 Å². The van der Waals surface area contributed by atoms with Crippen LogP contribution in [0, 0.1) is 0 Å². The molecule has 0 saturated carbocycles. The molecule has 0 heterocycles. The molecule has 0 unspecified atom stereocenters. The van der Waals surface area contributed by atoms with Crippen LogP contribution in [0.1, 0.15) is 15.9 Å². The summed E-state index contributed by atoms with van der Waals surface area (Å²) >= 11 is 0. The lowest BCUT2D eigenvalue weighted by molar-refractivity contribution is 0.112. The van der Waals surface area contributed by atoms with E-state index in [-0.39, 0.29) is 10.6 Å². The van der Waals surface area contributed by atoms with Gasteiger partial charge in [-0.05, 0) is 24.1 Å². The predicted molar refractivity (Wildman–Crippen MR) is 87.1 cm³/mol. The molecule has 0 fully saturated rings. The molecule has 0 radical (unpaired) electrons. The van der Waals surface area contributed by atoms with Crippen molar-refractivity contribution >= 4 is 16.1 Å². The number of methoxy groups -OCH3 is 2. The minimum absolute atomic E-state index is 0.0249. The first kappa shape index (κ1) is 17.0. The molecule has 5 nitrogen and oxygen atoms in total. The lowest BCUT2D eigenvalue weighted by atomic mass is 10.1. The summed E-state index contributed by atoms with van der Waals surface area (Å²) in [5.41, 5.74) is 1.43. The molecule has 0 spiro atoms. The average Bonchev–Trinajstić information content (AvgIpc) is 2.59. The summed E-state index contributed by atoms with van der Waals surface area (Å²) in [6, 6.07) is 11.4. The standard InChI is InChI=1S/C17H18O5S/c1-21-16-8-7-15(11-17(16)22-2)23(19,20)10-9-13-3-5-14(12-18)6-4-13/h3-8,11-12H,9-10H2,1-2H3. The predicted octanol–water partition coefficient (Wildman–Crippen LogP) is 2.53. The van der Waals surface area contributed by atoms with Gasteiger partial charge in [-0.2, -0.15) is 0 Å². The molecule has 0 aromatic heterocycles. The summed E-state index contributed by atoms with van der Waals surface area (Å²) in [4.78, 5) is 10.8. The topological polar surface area (TPSA) is 69.7 Å². The second-order valence-electron chi connectivity index (χ2n) is 4.95. The number of sulfone groups is 1. The van der Waals surface area contributed by atoms with E-state index in [9.17, 15) is 13.2 Å². The average molecular weight is 334 g/mol. The fourth-order valence-electron chi connectivity index (χ4n) is 2.14. The van der Waals surface area contributed by atoms with Crippen molar-refractivity contribution in [1.29, 1.82) is 0 Å². The molecule has 0 atom stereocenters. The van der Waals surface area contributed by atoms with Crippen LogP contribution in [0.5, 0.6) is 11.5 Å². The van der Waals surface area contributed by atoms with Crippen LogP contribution in [0.3, 0.4) is 0 Å². The molecule has 0 N–H and O–H groups in total. The zero-order valence-corrected chi connectivity index (χ0v) is 13.8. The number of aldehydes is 1. The molecule has 2 aromatic carbocycles. The Morgan fingerprint density at radius 2 is 1.61 bits per heavy atom. The Kier molecular flexibility index (Phi) is 5.39. The van der Waals surface area contributed by atoms with Crippen LogP contribution in [0.2, 0.25) is 0 Å². The number of hydrogen-bond acceptors (Lipinski definition) is 5. The quantitative estimate of drug-likeness (QED) is 0.728. The van der Waals surface area contributed by atoms with Crippen molar-refractivity contribution in [3.63, 3.8) is 0 Å². The van der Waals surface area contributed by atoms with Gasteiger partial charge in [0.15, 0.2) is 21.3 Å². The monoisotopic (exact) mass is 334 g/mol. The summed E-state index contributed by atoms with van der Waals surface area (Å²) in [6.45, 7) is 0. The highest BCUT2D eigenvalue weighted by Gasteiger charge is 2.17. The van der Waals surface area contributed by atoms with E-state index in [0.717, 1.165) is 11.8 Å². The van der Waals surface area contributed by atoms with Crippen LogP contribution in [-0.2, 0) is 16.3 Å². The van der Waals surface area contributed by atoms with Gasteiger partial charge < -0.3 is 9.47 Å². The Balaban J connectivity index is 2.16. The molecule has 0 aliphatic rings. The Morgan fingerprint density at radius 1 is 0.957 bits per heavy atom. The van der Waals surface area contributed by atoms with Crippen molar-refractivity contribution in [3.8, 4) is 11.5 Å². The van der Waals surface area contributed by atoms with E-state index in [1.54, 1.807) is 30.3 Å². The molecule has 0 aliphatic carbocycles. The first-order chi connectivity index (χ1) is 11.0. The number of hydrogen-bond donors (Lipinski definition) is 0. The normalized spacial score (nSPS) is 11.0. The Labute approximate surface area is 135 Å². The van der Waals surface area contributed by atoms with Crippen molar-refractivity contribution in [2.45, 2.75) is 11.3 Å². The number of rotatable bonds is 7. The molecule has 0 bridgehead atoms. The minimum atomic E-state index is -3.44. The fraction of sp³-hybridized carbons (Fsp3) is 0.235. The summed E-state index contributed by atoms with van der Waals surface area (Å²) in [7, 11) is -0.481. The van der Waals surface area contributed by atoms with Gasteiger partial charge >= 0.3 is 0 Å². The largest absolute Gasteiger partial charge is 0.493 e. The Bertz CT molecular complexity index is 779. The minimum Gasteiger partial charge on any atom is -0.493 e. The molecular formula is C17H18O5S. The summed E-state index contributed by atoms with van der Waals surface area (Å²) < 4.78 is 35.1. The number of aryl methyl sites for hydroxylation is 1. The lowest BCUT2D eigenvalue weighted by Gasteiger charge is -2.10. The maximum atomic E-state index is 12.4. The maximum Gasteiger partial charge on any atom is 0.178 e. The van der Waals surface area contributed by atoms with Gasteiger partial charge in [-0.25, -0.2) is 8.42 Å². The third-order valence-corrected chi connectivity index (χ3v) is 5.20. The highest BCUT2D eigenvalue weighted by atomic mass is 32.2. The number of carbonyl (C=O) groups excluding carboxylic acids is 1. The summed E-state index contributed by atoms with van der Waals surface area (Å²) in [5, 5.41) is 0. The maximum absolute atomic E-state index is 12.4. The van der Waals surface area contributed by atoms with Gasteiger partial charge in [0.2, 0.25) is 0 Å². The van der Waals surface area contributed by atoms with Crippen molar-refractivity contribution in [2.75, 3.05) is 20.0 Å². The van der Waals surface area contributed by atoms with Crippen molar-refractivity contribution in [2.24, 2.45) is 0 Å². The first-order valence-corrected chi connectivity index (χ1v) is 8.64. The van der Waals surface area contributed by atoms with Crippen LogP contribution in [0.25, 0.3) is 0 Å². The Morgan fingerprint density at radius 3 is 2.17 bits per heavy atom. The van der Waals surface area contributed by atoms with Gasteiger partial charge in [-0.15, -0.1) is 0 Å². The molecule has 2 rings (SSSR count).